The highest BCUT2D eigenvalue weighted by atomic mass is 32.2. The Labute approximate surface area is 242 Å². The minimum absolute atomic E-state index is 0.116. The number of nitrogens with one attached hydrogen (secondary N) is 1. The molecule has 1 heterocycles. The monoisotopic (exact) mass is 576 g/mol. The molecule has 1 N–H and O–H groups in total. The van der Waals surface area contributed by atoms with E-state index in [9.17, 15) is 17.6 Å². The highest BCUT2D eigenvalue weighted by Gasteiger charge is 2.27. The molecule has 7 nitrogen and oxygen atoms in total. The molecule has 0 radical (unpaired) electrons. The van der Waals surface area contributed by atoms with E-state index in [4.69, 9.17) is 0 Å². The first kappa shape index (κ1) is 30.1. The van der Waals surface area contributed by atoms with Crippen molar-refractivity contribution in [3.63, 3.8) is 0 Å². The number of rotatable bonds is 11. The molecule has 216 valence electrons. The number of aromatic nitrogens is 2. The van der Waals surface area contributed by atoms with Gasteiger partial charge in [0.05, 0.1) is 22.8 Å². The number of halogens is 1. The van der Waals surface area contributed by atoms with Crippen LogP contribution >= 0.6 is 0 Å². The number of carbonyl (C=O) groups excluding carboxylic acids is 1. The molecule has 0 unspecified atom stereocenters. The predicted molar refractivity (Wildman–Crippen MR) is 161 cm³/mol. The van der Waals surface area contributed by atoms with Gasteiger partial charge in [-0.05, 0) is 53.8 Å². The van der Waals surface area contributed by atoms with Crippen LogP contribution in [0.25, 0.3) is 16.9 Å². The van der Waals surface area contributed by atoms with Crippen LogP contribution in [0.5, 0.6) is 0 Å². The van der Waals surface area contributed by atoms with E-state index in [0.717, 1.165) is 24.0 Å². The molecule has 4 aromatic rings. The van der Waals surface area contributed by atoms with Gasteiger partial charge in [-0.3, -0.25) is 4.79 Å². The van der Waals surface area contributed by atoms with Gasteiger partial charge in [-0.25, -0.2) is 17.5 Å². The van der Waals surface area contributed by atoms with Gasteiger partial charge in [0.15, 0.2) is 0 Å². The zero-order valence-corrected chi connectivity index (χ0v) is 24.8. The van der Waals surface area contributed by atoms with Crippen molar-refractivity contribution in [2.45, 2.75) is 57.3 Å². The molecule has 0 aliphatic carbocycles. The number of hydrogen-bond donors (Lipinski definition) is 1. The normalized spacial score (nSPS) is 12.0. The van der Waals surface area contributed by atoms with Crippen LogP contribution < -0.4 is 5.32 Å². The lowest BCUT2D eigenvalue weighted by Gasteiger charge is -2.23. The fourth-order valence-corrected chi connectivity index (χ4v) is 5.87. The first-order chi connectivity index (χ1) is 19.5. The number of unbranched alkanes of at least 4 members (excludes halogenated alkanes) is 2. The van der Waals surface area contributed by atoms with E-state index < -0.39 is 21.7 Å². The van der Waals surface area contributed by atoms with E-state index in [1.807, 2.05) is 49.4 Å². The summed E-state index contributed by atoms with van der Waals surface area (Å²) in [6.07, 6.45) is 2.39. The smallest absolute Gasteiger partial charge is 0.243 e. The first-order valence-electron chi connectivity index (χ1n) is 13.8. The molecule has 1 amide bonds. The quantitative estimate of drug-likeness (QED) is 0.199. The summed E-state index contributed by atoms with van der Waals surface area (Å²) in [4.78, 5) is 13.5. The van der Waals surface area contributed by atoms with Crippen LogP contribution in [-0.2, 0) is 20.2 Å². The second kappa shape index (κ2) is 12.8. The zero-order chi connectivity index (χ0) is 29.6. The molecule has 0 aliphatic heterocycles. The Morgan fingerprint density at radius 2 is 1.61 bits per heavy atom. The summed E-state index contributed by atoms with van der Waals surface area (Å²) in [7, 11) is -3.93. The van der Waals surface area contributed by atoms with Gasteiger partial charge in [0, 0.05) is 18.2 Å². The Morgan fingerprint density at radius 3 is 2.22 bits per heavy atom. The van der Waals surface area contributed by atoms with E-state index in [1.165, 1.54) is 21.1 Å². The van der Waals surface area contributed by atoms with E-state index in [-0.39, 0.29) is 23.4 Å². The number of nitrogens with zero attached hydrogens (tertiary/aromatic N) is 3. The number of benzene rings is 3. The van der Waals surface area contributed by atoms with Gasteiger partial charge in [0.2, 0.25) is 15.9 Å². The van der Waals surface area contributed by atoms with Gasteiger partial charge in [0.25, 0.3) is 0 Å². The number of hydrogen-bond acceptors (Lipinski definition) is 4. The van der Waals surface area contributed by atoms with Crippen molar-refractivity contribution in [1.29, 1.82) is 0 Å². The molecular formula is C32H37FN4O3S. The summed E-state index contributed by atoms with van der Waals surface area (Å²) in [5.74, 6) is -0.543. The summed E-state index contributed by atoms with van der Waals surface area (Å²) in [5.41, 5.74) is 2.91. The van der Waals surface area contributed by atoms with Crippen LogP contribution in [0.3, 0.4) is 0 Å². The third-order valence-electron chi connectivity index (χ3n) is 6.81. The van der Waals surface area contributed by atoms with Crippen LogP contribution in [0.15, 0.2) is 89.8 Å². The second-order valence-corrected chi connectivity index (χ2v) is 13.0. The SMILES string of the molecule is CCCCCN(CC(=O)Nc1cc(-c2ccccc2)nn1-c1ccc(F)cc1)S(=O)(=O)c1ccc(C(C)(C)C)cc1. The molecule has 3 aromatic carbocycles. The molecule has 41 heavy (non-hydrogen) atoms. The highest BCUT2D eigenvalue weighted by Crippen LogP contribution is 2.27. The zero-order valence-electron chi connectivity index (χ0n) is 24.0. The first-order valence-corrected chi connectivity index (χ1v) is 15.2. The molecule has 0 atom stereocenters. The predicted octanol–water partition coefficient (Wildman–Crippen LogP) is 6.80. The molecule has 4 rings (SSSR count). The average molecular weight is 577 g/mol. The highest BCUT2D eigenvalue weighted by molar-refractivity contribution is 7.89. The summed E-state index contributed by atoms with van der Waals surface area (Å²) in [6.45, 7) is 8.10. The number of anilines is 1. The van der Waals surface area contributed by atoms with Crippen molar-refractivity contribution in [2.24, 2.45) is 0 Å². The molecule has 1 aromatic heterocycles. The summed E-state index contributed by atoms with van der Waals surface area (Å²) < 4.78 is 43.7. The Morgan fingerprint density at radius 1 is 0.951 bits per heavy atom. The van der Waals surface area contributed by atoms with Crippen LogP contribution in [0.2, 0.25) is 0 Å². The van der Waals surface area contributed by atoms with Gasteiger partial charge < -0.3 is 5.32 Å². The molecular weight excluding hydrogens is 539 g/mol. The number of carbonyl (C=O) groups is 1. The van der Waals surface area contributed by atoms with Crippen molar-refractivity contribution in [2.75, 3.05) is 18.4 Å². The molecule has 0 saturated heterocycles. The summed E-state index contributed by atoms with van der Waals surface area (Å²) in [6, 6.07) is 23.8. The molecule has 9 heteroatoms. The average Bonchev–Trinajstić information content (AvgIpc) is 3.36. The standard InChI is InChI=1S/C32H37FN4O3S/c1-5-6-10-21-36(41(39,40)28-19-13-25(14-20-28)32(2,3)4)23-31(38)34-30-22-29(24-11-8-7-9-12-24)35-37(30)27-17-15-26(33)16-18-27/h7-9,11-20,22H,5-6,10,21,23H2,1-4H3,(H,34,38). The topological polar surface area (TPSA) is 84.3 Å². The maximum Gasteiger partial charge on any atom is 0.243 e. The van der Waals surface area contributed by atoms with E-state index in [1.54, 1.807) is 30.3 Å². The molecule has 0 saturated carbocycles. The Kier molecular flexibility index (Phi) is 9.40. The maximum absolute atomic E-state index is 13.7. The van der Waals surface area contributed by atoms with E-state index in [0.29, 0.717) is 23.6 Å². The van der Waals surface area contributed by atoms with Gasteiger partial charge >= 0.3 is 0 Å². The van der Waals surface area contributed by atoms with Crippen molar-refractivity contribution >= 4 is 21.7 Å². The third kappa shape index (κ3) is 7.48. The van der Waals surface area contributed by atoms with Gasteiger partial charge in [-0.1, -0.05) is 83.0 Å². The van der Waals surface area contributed by atoms with Crippen molar-refractivity contribution in [3.8, 4) is 16.9 Å². The fourth-order valence-electron chi connectivity index (χ4n) is 4.44. The van der Waals surface area contributed by atoms with Crippen molar-refractivity contribution < 1.29 is 17.6 Å². The molecule has 0 aliphatic rings. The van der Waals surface area contributed by atoms with Gasteiger partial charge in [-0.15, -0.1) is 0 Å². The van der Waals surface area contributed by atoms with Crippen molar-refractivity contribution in [3.05, 3.63) is 96.3 Å². The lowest BCUT2D eigenvalue weighted by atomic mass is 9.87. The summed E-state index contributed by atoms with van der Waals surface area (Å²) in [5, 5.41) is 7.49. The van der Waals surface area contributed by atoms with Crippen LogP contribution in [0, 0.1) is 5.82 Å². The van der Waals surface area contributed by atoms with Gasteiger partial charge in [0.1, 0.15) is 11.6 Å². The number of sulfonamides is 1. The second-order valence-electron chi connectivity index (χ2n) is 11.0. The maximum atomic E-state index is 13.7. The Bertz CT molecular complexity index is 1560. The largest absolute Gasteiger partial charge is 0.309 e. The van der Waals surface area contributed by atoms with Gasteiger partial charge in [-0.2, -0.15) is 9.40 Å². The summed E-state index contributed by atoms with van der Waals surface area (Å²) >= 11 is 0. The van der Waals surface area contributed by atoms with Crippen LogP contribution in [-0.4, -0.2) is 41.5 Å². The van der Waals surface area contributed by atoms with Crippen molar-refractivity contribution in [1.82, 2.24) is 14.1 Å². The Hall–Kier alpha value is -3.82. The molecule has 0 fully saturated rings. The van der Waals surface area contributed by atoms with E-state index >= 15 is 0 Å². The lowest BCUT2D eigenvalue weighted by Crippen LogP contribution is -2.39. The van der Waals surface area contributed by atoms with Crippen LogP contribution in [0.1, 0.15) is 52.5 Å². The van der Waals surface area contributed by atoms with Crippen LogP contribution in [0.4, 0.5) is 10.2 Å². The third-order valence-corrected chi connectivity index (χ3v) is 8.67. The Balaban J connectivity index is 1.62. The molecule has 0 spiro atoms. The molecule has 0 bridgehead atoms. The minimum Gasteiger partial charge on any atom is -0.309 e. The fraction of sp³-hybridized carbons (Fsp3) is 0.312. The lowest BCUT2D eigenvalue weighted by molar-refractivity contribution is -0.116. The number of amides is 1. The van der Waals surface area contributed by atoms with E-state index in [2.05, 4.69) is 31.2 Å². The minimum atomic E-state index is -3.93.